The number of hydrogen-bond acceptors (Lipinski definition) is 4. The minimum absolute atomic E-state index is 0.248. The van der Waals surface area contributed by atoms with Crippen molar-refractivity contribution in [2.45, 2.75) is 71.8 Å². The van der Waals surface area contributed by atoms with Crippen molar-refractivity contribution in [1.29, 1.82) is 0 Å². The van der Waals surface area contributed by atoms with E-state index >= 15 is 0 Å². The molecule has 0 fully saturated rings. The van der Waals surface area contributed by atoms with Crippen molar-refractivity contribution in [3.63, 3.8) is 0 Å². The van der Waals surface area contributed by atoms with Gasteiger partial charge in [0.2, 0.25) is 0 Å². The first-order chi connectivity index (χ1) is 15.9. The lowest BCUT2D eigenvalue weighted by molar-refractivity contribution is -0.147. The first-order valence-electron chi connectivity index (χ1n) is 12.1. The molecule has 5 nitrogen and oxygen atoms in total. The van der Waals surface area contributed by atoms with Crippen molar-refractivity contribution in [2.24, 2.45) is 0 Å². The molecule has 0 aliphatic carbocycles. The molecule has 0 saturated heterocycles. The van der Waals surface area contributed by atoms with Crippen LogP contribution in [0.15, 0.2) is 60.3 Å². The van der Waals surface area contributed by atoms with Crippen LogP contribution in [-0.2, 0) is 27.2 Å². The highest BCUT2D eigenvalue weighted by atomic mass is 16.5. The molecule has 0 aromatic heterocycles. The van der Waals surface area contributed by atoms with Crippen LogP contribution in [0.5, 0.6) is 0 Å². The Bertz CT molecular complexity index is 979. The molecule has 5 heteroatoms. The molecule has 0 bridgehead atoms. The lowest BCUT2D eigenvalue weighted by Crippen LogP contribution is -2.51. The third-order valence-electron chi connectivity index (χ3n) is 6.08. The summed E-state index contributed by atoms with van der Waals surface area (Å²) in [6.45, 7) is 8.10. The normalized spacial score (nSPS) is 17.8. The molecule has 0 radical (unpaired) electrons. The zero-order valence-corrected chi connectivity index (χ0v) is 20.3. The van der Waals surface area contributed by atoms with E-state index in [1.807, 2.05) is 36.4 Å². The van der Waals surface area contributed by atoms with Gasteiger partial charge in [0.05, 0.1) is 6.61 Å². The Morgan fingerprint density at radius 1 is 0.909 bits per heavy atom. The number of unbranched alkanes of at least 4 members (excludes halogenated alkanes) is 2. The fraction of sp³-hybridized carbons (Fsp3) is 0.429. The van der Waals surface area contributed by atoms with Crippen molar-refractivity contribution in [3.8, 4) is 0 Å². The highest BCUT2D eigenvalue weighted by molar-refractivity contribution is 6.16. The molecule has 0 spiro atoms. The van der Waals surface area contributed by atoms with Crippen LogP contribution in [0.2, 0.25) is 0 Å². The second-order valence-corrected chi connectivity index (χ2v) is 8.76. The summed E-state index contributed by atoms with van der Waals surface area (Å²) in [6.07, 6.45) is 8.29. The monoisotopic (exact) mass is 448 g/mol. The maximum absolute atomic E-state index is 13.5. The number of carbonyl (C=O) groups excluding carboxylic acids is 2. The largest absolute Gasteiger partial charge is 0.464 e. The second kappa shape index (κ2) is 11.2. The van der Waals surface area contributed by atoms with Gasteiger partial charge in [0.25, 0.3) is 5.91 Å². The van der Waals surface area contributed by atoms with Crippen LogP contribution in [0, 0.1) is 0 Å². The van der Waals surface area contributed by atoms with Gasteiger partial charge >= 0.3 is 5.97 Å². The number of amides is 1. The van der Waals surface area contributed by atoms with Crippen LogP contribution in [0.4, 0.5) is 11.4 Å². The number of benzene rings is 2. The SMILES string of the molecule is CCCCc1ccc(NC2=C[C@@](C)(C(=O)OCC)N(c3ccc(CCCC)cc3)C2=O)cc1. The Morgan fingerprint density at radius 2 is 1.45 bits per heavy atom. The molecular weight excluding hydrogens is 412 g/mol. The quantitative estimate of drug-likeness (QED) is 0.426. The van der Waals surface area contributed by atoms with Gasteiger partial charge in [-0.1, -0.05) is 51.0 Å². The van der Waals surface area contributed by atoms with Gasteiger partial charge < -0.3 is 10.1 Å². The molecule has 1 amide bonds. The van der Waals surface area contributed by atoms with Crippen LogP contribution in [0.25, 0.3) is 0 Å². The maximum atomic E-state index is 13.5. The summed E-state index contributed by atoms with van der Waals surface area (Å²) < 4.78 is 5.35. The van der Waals surface area contributed by atoms with Crippen molar-refractivity contribution in [3.05, 3.63) is 71.4 Å². The van der Waals surface area contributed by atoms with Gasteiger partial charge in [0.15, 0.2) is 5.54 Å². The molecular formula is C28H36N2O3. The Labute approximate surface area is 197 Å². The Balaban J connectivity index is 1.86. The van der Waals surface area contributed by atoms with E-state index in [2.05, 4.69) is 31.3 Å². The number of nitrogens with one attached hydrogen (secondary N) is 1. The average Bonchev–Trinajstić information content (AvgIpc) is 3.08. The number of hydrogen-bond donors (Lipinski definition) is 1. The van der Waals surface area contributed by atoms with E-state index in [1.54, 1.807) is 19.9 Å². The Kier molecular flexibility index (Phi) is 8.32. The van der Waals surface area contributed by atoms with Gasteiger partial charge in [-0.05, 0) is 81.0 Å². The fourth-order valence-corrected chi connectivity index (χ4v) is 4.12. The summed E-state index contributed by atoms with van der Waals surface area (Å²) in [6, 6.07) is 16.0. The number of anilines is 2. The third-order valence-corrected chi connectivity index (χ3v) is 6.08. The molecule has 176 valence electrons. The molecule has 1 heterocycles. The molecule has 0 unspecified atom stereocenters. The molecule has 1 N–H and O–H groups in total. The molecule has 1 aliphatic rings. The van der Waals surface area contributed by atoms with Crippen molar-refractivity contribution in [2.75, 3.05) is 16.8 Å². The van der Waals surface area contributed by atoms with E-state index in [0.29, 0.717) is 11.4 Å². The number of ether oxygens (including phenoxy) is 1. The summed E-state index contributed by atoms with van der Waals surface area (Å²) in [4.78, 5) is 28.0. The van der Waals surface area contributed by atoms with E-state index in [-0.39, 0.29) is 12.5 Å². The van der Waals surface area contributed by atoms with E-state index in [4.69, 9.17) is 4.74 Å². The molecule has 2 aromatic rings. The van der Waals surface area contributed by atoms with Crippen LogP contribution in [-0.4, -0.2) is 24.0 Å². The molecule has 33 heavy (non-hydrogen) atoms. The molecule has 3 rings (SSSR count). The summed E-state index contributed by atoms with van der Waals surface area (Å²) >= 11 is 0. The number of carbonyl (C=O) groups is 2. The zero-order valence-electron chi connectivity index (χ0n) is 20.3. The predicted octanol–water partition coefficient (Wildman–Crippen LogP) is 6.04. The Hall–Kier alpha value is -3.08. The standard InChI is InChI=1S/C28H36N2O3/c1-5-8-10-21-12-16-23(17-13-21)29-25-20-28(4,27(32)33-7-3)30(26(25)31)24-18-14-22(15-19-24)11-9-6-2/h12-20,29H,5-11H2,1-4H3/t28-/m0/s1. The van der Waals surface area contributed by atoms with E-state index in [1.165, 1.54) is 16.0 Å². The van der Waals surface area contributed by atoms with Gasteiger partial charge in [0.1, 0.15) is 5.70 Å². The third kappa shape index (κ3) is 5.65. The van der Waals surface area contributed by atoms with Crippen molar-refractivity contribution >= 4 is 23.3 Å². The first kappa shape index (κ1) is 24.6. The van der Waals surface area contributed by atoms with Gasteiger partial charge in [-0.25, -0.2) is 4.79 Å². The number of nitrogens with zero attached hydrogens (tertiary/aromatic N) is 1. The number of aryl methyl sites for hydroxylation is 2. The second-order valence-electron chi connectivity index (χ2n) is 8.76. The van der Waals surface area contributed by atoms with E-state index < -0.39 is 11.5 Å². The zero-order chi connectivity index (χ0) is 23.8. The van der Waals surface area contributed by atoms with E-state index in [9.17, 15) is 9.59 Å². The summed E-state index contributed by atoms with van der Waals surface area (Å²) in [7, 11) is 0. The minimum Gasteiger partial charge on any atom is -0.464 e. The topological polar surface area (TPSA) is 58.6 Å². The smallest absolute Gasteiger partial charge is 0.336 e. The minimum atomic E-state index is -1.22. The predicted molar refractivity (Wildman–Crippen MR) is 134 cm³/mol. The fourth-order valence-electron chi connectivity index (χ4n) is 4.12. The van der Waals surface area contributed by atoms with Gasteiger partial charge in [-0.15, -0.1) is 0 Å². The van der Waals surface area contributed by atoms with Gasteiger partial charge in [0, 0.05) is 11.4 Å². The maximum Gasteiger partial charge on any atom is 0.336 e. The average molecular weight is 449 g/mol. The van der Waals surface area contributed by atoms with Crippen LogP contribution < -0.4 is 10.2 Å². The highest BCUT2D eigenvalue weighted by Gasteiger charge is 2.49. The molecule has 1 atom stereocenters. The van der Waals surface area contributed by atoms with Crippen molar-refractivity contribution in [1.82, 2.24) is 0 Å². The van der Waals surface area contributed by atoms with Gasteiger partial charge in [-0.2, -0.15) is 0 Å². The van der Waals surface area contributed by atoms with E-state index in [0.717, 1.165) is 44.2 Å². The lowest BCUT2D eigenvalue weighted by Gasteiger charge is -2.32. The molecule has 0 saturated carbocycles. The Morgan fingerprint density at radius 3 is 1.97 bits per heavy atom. The van der Waals surface area contributed by atoms with Crippen LogP contribution in [0.1, 0.15) is 64.5 Å². The summed E-state index contributed by atoms with van der Waals surface area (Å²) in [5.74, 6) is -0.693. The highest BCUT2D eigenvalue weighted by Crippen LogP contribution is 2.35. The van der Waals surface area contributed by atoms with Crippen LogP contribution in [0.3, 0.4) is 0 Å². The molecule has 2 aromatic carbocycles. The summed E-state index contributed by atoms with van der Waals surface area (Å²) in [5.41, 5.74) is 3.15. The number of esters is 1. The van der Waals surface area contributed by atoms with Crippen LogP contribution >= 0.6 is 0 Å². The summed E-state index contributed by atoms with van der Waals surface area (Å²) in [5, 5.41) is 3.23. The van der Waals surface area contributed by atoms with Gasteiger partial charge in [-0.3, -0.25) is 9.69 Å². The van der Waals surface area contributed by atoms with Crippen molar-refractivity contribution < 1.29 is 14.3 Å². The first-order valence-corrected chi connectivity index (χ1v) is 12.1. The number of rotatable bonds is 11. The molecule has 1 aliphatic heterocycles. The lowest BCUT2D eigenvalue weighted by atomic mass is 10.0.